The first-order valence-electron chi connectivity index (χ1n) is 12.0. The monoisotopic (exact) mass is 510 g/mol. The van der Waals surface area contributed by atoms with E-state index in [2.05, 4.69) is 40.3 Å². The third-order valence-corrected chi connectivity index (χ3v) is 6.11. The van der Waals surface area contributed by atoms with Gasteiger partial charge in [0.15, 0.2) is 23.2 Å². The smallest absolute Gasteiger partial charge is 0.326 e. The van der Waals surface area contributed by atoms with Crippen molar-refractivity contribution in [2.24, 2.45) is 0 Å². The second-order valence-corrected chi connectivity index (χ2v) is 8.79. The second kappa shape index (κ2) is 10.5. The lowest BCUT2D eigenvalue weighted by Crippen LogP contribution is -2.47. The summed E-state index contributed by atoms with van der Waals surface area (Å²) in [5.74, 6) is -0.171. The Bertz CT molecular complexity index is 1430. The lowest BCUT2D eigenvalue weighted by molar-refractivity contribution is 0.188. The minimum atomic E-state index is -0.704. The van der Waals surface area contributed by atoms with E-state index >= 15 is 4.39 Å². The highest BCUT2D eigenvalue weighted by Gasteiger charge is 2.22. The van der Waals surface area contributed by atoms with Crippen LogP contribution in [-0.4, -0.2) is 74.5 Å². The molecular formula is C25H28F2N8O2. The van der Waals surface area contributed by atoms with Gasteiger partial charge in [0.25, 0.3) is 0 Å². The first-order valence-corrected chi connectivity index (χ1v) is 12.0. The number of β-amino-alcohol motifs (C(OH)–C–C–N with tert-alkyl or cyclic N) is 1. The number of hydrogen-bond donors (Lipinski definition) is 4. The summed E-state index contributed by atoms with van der Waals surface area (Å²) in [6, 6.07) is 5.95. The number of nitrogens with one attached hydrogen (secondary N) is 3. The van der Waals surface area contributed by atoms with Crippen molar-refractivity contribution in [3.05, 3.63) is 53.4 Å². The predicted octanol–water partition coefficient (Wildman–Crippen LogP) is 3.95. The molecule has 4 heterocycles. The fourth-order valence-corrected chi connectivity index (χ4v) is 4.33. The van der Waals surface area contributed by atoms with Crippen molar-refractivity contribution < 1.29 is 18.6 Å². The van der Waals surface area contributed by atoms with Gasteiger partial charge in [0.2, 0.25) is 0 Å². The topological polar surface area (TPSA) is 118 Å². The van der Waals surface area contributed by atoms with Gasteiger partial charge in [0.05, 0.1) is 17.8 Å². The molecule has 12 heteroatoms. The number of nitrogens with zero attached hydrogens (tertiary/aromatic N) is 5. The van der Waals surface area contributed by atoms with Crippen LogP contribution >= 0.6 is 0 Å². The van der Waals surface area contributed by atoms with Crippen LogP contribution in [0.5, 0.6) is 11.8 Å². The Balaban J connectivity index is 1.47. The molecular weight excluding hydrogens is 482 g/mol. The number of H-pyrrole nitrogens is 2. The number of anilines is 3. The number of allylic oxidation sites excluding steroid dienone is 1. The molecule has 3 aromatic heterocycles. The molecule has 0 unspecified atom stereocenters. The molecule has 1 aromatic carbocycles. The zero-order valence-electron chi connectivity index (χ0n) is 20.6. The average Bonchev–Trinajstić information content (AvgIpc) is 3.49. The predicted molar refractivity (Wildman–Crippen MR) is 137 cm³/mol. The summed E-state index contributed by atoms with van der Waals surface area (Å²) in [4.78, 5) is 15.9. The van der Waals surface area contributed by atoms with Crippen molar-refractivity contribution in [3.8, 4) is 11.8 Å². The van der Waals surface area contributed by atoms with Crippen LogP contribution in [0.25, 0.3) is 17.0 Å². The van der Waals surface area contributed by atoms with Crippen LogP contribution in [0.15, 0.2) is 30.3 Å². The number of rotatable bonds is 8. The normalized spacial score (nSPS) is 14.7. The fraction of sp³-hybridized carbons (Fsp3) is 0.320. The maximum absolute atomic E-state index is 15.2. The van der Waals surface area contributed by atoms with Crippen molar-refractivity contribution >= 4 is 34.4 Å². The van der Waals surface area contributed by atoms with E-state index < -0.39 is 11.6 Å². The Hall–Kier alpha value is -4.03. The van der Waals surface area contributed by atoms with Gasteiger partial charge in [0, 0.05) is 62.0 Å². The van der Waals surface area contributed by atoms with E-state index in [4.69, 9.17) is 4.74 Å². The zero-order valence-corrected chi connectivity index (χ0v) is 20.6. The van der Waals surface area contributed by atoms with E-state index in [1.54, 1.807) is 13.0 Å². The van der Waals surface area contributed by atoms with E-state index in [0.717, 1.165) is 24.8 Å². The Labute approximate surface area is 212 Å². The van der Waals surface area contributed by atoms with Crippen molar-refractivity contribution in [2.75, 3.05) is 49.5 Å². The molecule has 4 aromatic rings. The largest absolute Gasteiger partial charge is 0.421 e. The maximum atomic E-state index is 15.2. The molecule has 37 heavy (non-hydrogen) atoms. The van der Waals surface area contributed by atoms with Crippen molar-refractivity contribution in [2.45, 2.75) is 13.8 Å². The number of fused-ring (bicyclic) bond motifs is 1. The van der Waals surface area contributed by atoms with Gasteiger partial charge < -0.3 is 25.0 Å². The first kappa shape index (κ1) is 24.7. The molecule has 194 valence electrons. The molecule has 1 aliphatic heterocycles. The number of aliphatic hydroxyl groups is 1. The highest BCUT2D eigenvalue weighted by molar-refractivity contribution is 5.83. The van der Waals surface area contributed by atoms with E-state index in [-0.39, 0.29) is 29.3 Å². The van der Waals surface area contributed by atoms with Crippen molar-refractivity contribution in [1.29, 1.82) is 0 Å². The molecule has 1 aliphatic rings. The van der Waals surface area contributed by atoms with Crippen LogP contribution < -0.4 is 15.0 Å². The number of ether oxygens (including phenoxy) is 1. The SMILES string of the molecule is C/C=C/c1cc(Nc2cc(N3CCN(CCO)CC3)nc(Oc3cc(F)c4[nH]c(C)cc4c3F)n2)n[nH]1. The Morgan fingerprint density at radius 2 is 1.92 bits per heavy atom. The van der Waals surface area contributed by atoms with E-state index in [9.17, 15) is 9.50 Å². The summed E-state index contributed by atoms with van der Waals surface area (Å²) in [7, 11) is 0. The van der Waals surface area contributed by atoms with E-state index in [1.807, 2.05) is 25.1 Å². The van der Waals surface area contributed by atoms with Crippen LogP contribution in [0.2, 0.25) is 0 Å². The Kier molecular flexibility index (Phi) is 7.01. The first-order chi connectivity index (χ1) is 17.9. The molecule has 0 aliphatic carbocycles. The van der Waals surface area contributed by atoms with Gasteiger partial charge in [0.1, 0.15) is 11.6 Å². The van der Waals surface area contributed by atoms with Crippen LogP contribution in [0.1, 0.15) is 18.3 Å². The third-order valence-electron chi connectivity index (χ3n) is 6.11. The summed E-state index contributed by atoms with van der Waals surface area (Å²) in [5, 5.41) is 19.6. The molecule has 4 N–H and O–H groups in total. The van der Waals surface area contributed by atoms with Crippen molar-refractivity contribution in [3.63, 3.8) is 0 Å². The van der Waals surface area contributed by atoms with Gasteiger partial charge in [-0.05, 0) is 26.0 Å². The number of halogens is 2. The molecule has 1 fully saturated rings. The molecule has 1 saturated heterocycles. The average molecular weight is 511 g/mol. The van der Waals surface area contributed by atoms with Crippen molar-refractivity contribution in [1.82, 2.24) is 30.0 Å². The molecule has 5 rings (SSSR count). The summed E-state index contributed by atoms with van der Waals surface area (Å²) in [6.45, 7) is 7.17. The number of benzene rings is 1. The number of aromatic nitrogens is 5. The Morgan fingerprint density at radius 3 is 2.68 bits per heavy atom. The minimum absolute atomic E-state index is 0.0793. The molecule has 0 atom stereocenters. The highest BCUT2D eigenvalue weighted by atomic mass is 19.1. The number of aromatic amines is 2. The van der Waals surface area contributed by atoms with Crippen LogP contribution in [0, 0.1) is 18.6 Å². The Morgan fingerprint density at radius 1 is 1.11 bits per heavy atom. The van der Waals surface area contributed by atoms with Crippen LogP contribution in [0.3, 0.4) is 0 Å². The zero-order chi connectivity index (χ0) is 25.9. The molecule has 0 spiro atoms. The molecule has 0 saturated carbocycles. The minimum Gasteiger partial charge on any atom is -0.421 e. The summed E-state index contributed by atoms with van der Waals surface area (Å²) in [6.07, 6.45) is 3.76. The summed E-state index contributed by atoms with van der Waals surface area (Å²) >= 11 is 0. The van der Waals surface area contributed by atoms with Gasteiger partial charge in [-0.3, -0.25) is 10.00 Å². The second-order valence-electron chi connectivity index (χ2n) is 8.79. The molecule has 0 radical (unpaired) electrons. The lowest BCUT2D eigenvalue weighted by Gasteiger charge is -2.35. The van der Waals surface area contributed by atoms with E-state index in [0.29, 0.717) is 42.8 Å². The van der Waals surface area contributed by atoms with Gasteiger partial charge in [-0.2, -0.15) is 15.1 Å². The van der Waals surface area contributed by atoms with Crippen LogP contribution in [-0.2, 0) is 0 Å². The lowest BCUT2D eigenvalue weighted by atomic mass is 10.2. The van der Waals surface area contributed by atoms with Gasteiger partial charge in [-0.15, -0.1) is 0 Å². The standard InChI is InChI=1S/C25H28F2N8O2/c1-3-4-16-12-21(33-32-16)29-20-14-22(35-7-5-34(6-8-35)9-10-36)31-25(30-20)37-19-13-18(26)24-17(23(19)27)11-15(2)28-24/h3-4,11-14,28,36H,5-10H2,1-2H3,(H2,29,30,31,32,33)/b4-3+. The van der Waals surface area contributed by atoms with Gasteiger partial charge in [-0.1, -0.05) is 6.08 Å². The number of hydrogen-bond acceptors (Lipinski definition) is 8. The number of aliphatic hydroxyl groups excluding tert-OH is 1. The van der Waals surface area contributed by atoms with Gasteiger partial charge >= 0.3 is 6.01 Å². The van der Waals surface area contributed by atoms with E-state index in [1.165, 1.54) is 6.07 Å². The highest BCUT2D eigenvalue weighted by Crippen LogP contribution is 2.33. The molecule has 0 amide bonds. The molecule has 0 bridgehead atoms. The fourth-order valence-electron chi connectivity index (χ4n) is 4.33. The van der Waals surface area contributed by atoms with Gasteiger partial charge in [-0.25, -0.2) is 8.78 Å². The summed E-state index contributed by atoms with van der Waals surface area (Å²) < 4.78 is 35.6. The number of aryl methyl sites for hydroxylation is 1. The maximum Gasteiger partial charge on any atom is 0.326 e. The number of piperazine rings is 1. The quantitative estimate of drug-likeness (QED) is 0.282. The summed E-state index contributed by atoms with van der Waals surface area (Å²) in [5.41, 5.74) is 1.52. The molecule has 10 nitrogen and oxygen atoms in total. The van der Waals surface area contributed by atoms with Crippen LogP contribution in [0.4, 0.5) is 26.2 Å². The third kappa shape index (κ3) is 5.39.